The van der Waals surface area contributed by atoms with Crippen molar-refractivity contribution in [2.45, 2.75) is 18.8 Å². The van der Waals surface area contributed by atoms with Crippen molar-refractivity contribution >= 4 is 0 Å². The smallest absolute Gasteiger partial charge is 0.163 e. The summed E-state index contributed by atoms with van der Waals surface area (Å²) in [4.78, 5) is 0. The summed E-state index contributed by atoms with van der Waals surface area (Å²) in [5, 5.41) is 0. The molecule has 2 aliphatic rings. The minimum Gasteiger partial charge on any atom is -0.379 e. The number of hydrogen-bond donors (Lipinski definition) is 0. The van der Waals surface area contributed by atoms with Crippen LogP contribution in [0.3, 0.4) is 0 Å². The van der Waals surface area contributed by atoms with Gasteiger partial charge in [-0.2, -0.15) is 0 Å². The summed E-state index contributed by atoms with van der Waals surface area (Å²) < 4.78 is 16.0. The highest BCUT2D eigenvalue weighted by Gasteiger charge is 2.39. The fraction of sp³-hybridized carbons (Fsp3) is 0.875. The lowest BCUT2D eigenvalue weighted by Crippen LogP contribution is -2.32. The van der Waals surface area contributed by atoms with Crippen LogP contribution in [0.25, 0.3) is 0 Å². The number of hydrogen-bond acceptors (Lipinski definition) is 3. The zero-order chi connectivity index (χ0) is 7.68. The van der Waals surface area contributed by atoms with Gasteiger partial charge < -0.3 is 14.2 Å². The van der Waals surface area contributed by atoms with Gasteiger partial charge in [0.05, 0.1) is 19.3 Å². The van der Waals surface area contributed by atoms with Gasteiger partial charge in [0.15, 0.2) is 6.29 Å². The van der Waals surface area contributed by atoms with E-state index >= 15 is 0 Å². The molecule has 63 valence electrons. The number of methoxy groups -OCH3 is 1. The van der Waals surface area contributed by atoms with Crippen molar-refractivity contribution in [3.05, 3.63) is 6.42 Å². The summed E-state index contributed by atoms with van der Waals surface area (Å²) in [5.41, 5.74) is 0. The minimum absolute atomic E-state index is 0.0336. The van der Waals surface area contributed by atoms with E-state index in [1.807, 2.05) is 0 Å². The lowest BCUT2D eigenvalue weighted by atomic mass is 9.97. The standard InChI is InChI=1S/C8H13O3/c1-9-7-5-11-8-6(7)3-2-4-10-8/h3,6-8H,2,4-5H2,1H3/t6-,7+,8+/m1/s1. The van der Waals surface area contributed by atoms with Crippen LogP contribution >= 0.6 is 0 Å². The molecule has 3 nitrogen and oxygen atoms in total. The van der Waals surface area contributed by atoms with Crippen LogP contribution in [0.15, 0.2) is 0 Å². The van der Waals surface area contributed by atoms with E-state index in [1.54, 1.807) is 7.11 Å². The Labute approximate surface area is 66.6 Å². The van der Waals surface area contributed by atoms with E-state index in [0.29, 0.717) is 12.5 Å². The summed E-state index contributed by atoms with van der Waals surface area (Å²) >= 11 is 0. The lowest BCUT2D eigenvalue weighted by molar-refractivity contribution is -0.139. The summed E-state index contributed by atoms with van der Waals surface area (Å²) in [5.74, 6) is 0.355. The van der Waals surface area contributed by atoms with Gasteiger partial charge in [0, 0.05) is 13.0 Å². The van der Waals surface area contributed by atoms with Gasteiger partial charge in [-0.25, -0.2) is 0 Å². The molecule has 0 N–H and O–H groups in total. The molecular formula is C8H13O3. The largest absolute Gasteiger partial charge is 0.379 e. The predicted octanol–water partition coefficient (Wildman–Crippen LogP) is 0.598. The first-order chi connectivity index (χ1) is 5.42. The maximum Gasteiger partial charge on any atom is 0.163 e. The first-order valence-corrected chi connectivity index (χ1v) is 4.01. The van der Waals surface area contributed by atoms with Gasteiger partial charge in [-0.15, -0.1) is 0 Å². The Morgan fingerprint density at radius 1 is 1.45 bits per heavy atom. The van der Waals surface area contributed by atoms with Crippen molar-refractivity contribution < 1.29 is 14.2 Å². The average Bonchev–Trinajstić information content (AvgIpc) is 2.47. The van der Waals surface area contributed by atoms with Crippen LogP contribution in [0.1, 0.15) is 6.42 Å². The molecule has 0 aromatic rings. The predicted molar refractivity (Wildman–Crippen MR) is 38.9 cm³/mol. The summed E-state index contributed by atoms with van der Waals surface area (Å²) in [6.45, 7) is 1.46. The molecule has 0 spiro atoms. The van der Waals surface area contributed by atoms with Gasteiger partial charge in [0.25, 0.3) is 0 Å². The summed E-state index contributed by atoms with van der Waals surface area (Å²) in [6.07, 6.45) is 3.44. The fourth-order valence-corrected chi connectivity index (χ4v) is 1.68. The number of rotatable bonds is 1. The Bertz CT molecular complexity index is 131. The van der Waals surface area contributed by atoms with Crippen molar-refractivity contribution in [2.24, 2.45) is 5.92 Å². The van der Waals surface area contributed by atoms with Crippen LogP contribution < -0.4 is 0 Å². The highest BCUT2D eigenvalue weighted by Crippen LogP contribution is 2.31. The second-order valence-electron chi connectivity index (χ2n) is 2.95. The van der Waals surface area contributed by atoms with Crippen molar-refractivity contribution in [3.8, 4) is 0 Å². The molecule has 1 radical (unpaired) electrons. The van der Waals surface area contributed by atoms with Crippen molar-refractivity contribution in [1.82, 2.24) is 0 Å². The van der Waals surface area contributed by atoms with Crippen LogP contribution in [0.2, 0.25) is 0 Å². The highest BCUT2D eigenvalue weighted by atomic mass is 16.7. The normalized spacial score (nSPS) is 43.9. The van der Waals surface area contributed by atoms with E-state index < -0.39 is 0 Å². The molecule has 0 bridgehead atoms. The van der Waals surface area contributed by atoms with Gasteiger partial charge >= 0.3 is 0 Å². The molecule has 2 aliphatic heterocycles. The van der Waals surface area contributed by atoms with E-state index in [2.05, 4.69) is 6.42 Å². The van der Waals surface area contributed by atoms with E-state index in [0.717, 1.165) is 13.0 Å². The molecule has 2 heterocycles. The Balaban J connectivity index is 1.98. The lowest BCUT2D eigenvalue weighted by Gasteiger charge is -2.26. The van der Waals surface area contributed by atoms with E-state index in [1.165, 1.54) is 0 Å². The average molecular weight is 157 g/mol. The quantitative estimate of drug-likeness (QED) is 0.557. The number of ether oxygens (including phenoxy) is 3. The molecule has 0 aromatic heterocycles. The van der Waals surface area contributed by atoms with Crippen LogP contribution in [0.4, 0.5) is 0 Å². The highest BCUT2D eigenvalue weighted by molar-refractivity contribution is 4.92. The zero-order valence-electron chi connectivity index (χ0n) is 6.66. The fourth-order valence-electron chi connectivity index (χ4n) is 1.68. The maximum atomic E-state index is 5.40. The monoisotopic (exact) mass is 157 g/mol. The van der Waals surface area contributed by atoms with Gasteiger partial charge in [0.2, 0.25) is 0 Å². The summed E-state index contributed by atoms with van der Waals surface area (Å²) in [6, 6.07) is 0. The zero-order valence-corrected chi connectivity index (χ0v) is 6.66. The van der Waals surface area contributed by atoms with E-state index in [4.69, 9.17) is 14.2 Å². The van der Waals surface area contributed by atoms with E-state index in [9.17, 15) is 0 Å². The molecule has 0 aromatic carbocycles. The Hall–Kier alpha value is -0.120. The Morgan fingerprint density at radius 3 is 3.18 bits per heavy atom. The molecule has 11 heavy (non-hydrogen) atoms. The second kappa shape index (κ2) is 3.09. The van der Waals surface area contributed by atoms with Crippen LogP contribution in [0.5, 0.6) is 0 Å². The van der Waals surface area contributed by atoms with Crippen molar-refractivity contribution in [2.75, 3.05) is 20.3 Å². The number of fused-ring (bicyclic) bond motifs is 1. The molecule has 2 rings (SSSR count). The van der Waals surface area contributed by atoms with Gasteiger partial charge in [-0.3, -0.25) is 0 Å². The van der Waals surface area contributed by atoms with Crippen LogP contribution in [-0.2, 0) is 14.2 Å². The van der Waals surface area contributed by atoms with Crippen LogP contribution in [-0.4, -0.2) is 32.7 Å². The topological polar surface area (TPSA) is 27.7 Å². The van der Waals surface area contributed by atoms with Gasteiger partial charge in [-0.1, -0.05) is 0 Å². The molecule has 0 amide bonds. The molecule has 3 atom stereocenters. The molecular weight excluding hydrogens is 144 g/mol. The van der Waals surface area contributed by atoms with Gasteiger partial charge in [-0.05, 0) is 12.8 Å². The molecule has 0 unspecified atom stereocenters. The molecule has 2 fully saturated rings. The van der Waals surface area contributed by atoms with E-state index in [-0.39, 0.29) is 12.4 Å². The van der Waals surface area contributed by atoms with Crippen molar-refractivity contribution in [1.29, 1.82) is 0 Å². The third-order valence-corrected chi connectivity index (χ3v) is 2.31. The van der Waals surface area contributed by atoms with Crippen molar-refractivity contribution in [3.63, 3.8) is 0 Å². The molecule has 0 saturated carbocycles. The third-order valence-electron chi connectivity index (χ3n) is 2.31. The SMILES string of the molecule is CO[C@H]1CO[C@@H]2OCC[CH][C@@H]21. The van der Waals surface area contributed by atoms with Gasteiger partial charge in [0.1, 0.15) is 0 Å². The Kier molecular flexibility index (Phi) is 2.11. The first-order valence-electron chi connectivity index (χ1n) is 4.01. The molecule has 3 heteroatoms. The minimum atomic E-state index is -0.0336. The maximum absolute atomic E-state index is 5.40. The third kappa shape index (κ3) is 1.28. The summed E-state index contributed by atoms with van der Waals surface area (Å²) in [7, 11) is 1.72. The first kappa shape index (κ1) is 7.53. The Morgan fingerprint density at radius 2 is 2.36 bits per heavy atom. The molecule has 0 aliphatic carbocycles. The second-order valence-corrected chi connectivity index (χ2v) is 2.95. The molecule has 2 saturated heterocycles. The van der Waals surface area contributed by atoms with Crippen LogP contribution in [0, 0.1) is 12.3 Å².